The maximum absolute atomic E-state index is 11.9. The minimum atomic E-state index is 0.149. The summed E-state index contributed by atoms with van der Waals surface area (Å²) in [6, 6.07) is 6.01. The van der Waals surface area contributed by atoms with Crippen LogP contribution in [0.25, 0.3) is 0 Å². The third kappa shape index (κ3) is 2.42. The minimum Gasteiger partial charge on any atom is -0.454 e. The lowest BCUT2D eigenvalue weighted by Gasteiger charge is -2.03. The third-order valence-corrected chi connectivity index (χ3v) is 3.06. The lowest BCUT2D eigenvalue weighted by molar-refractivity contribution is 0.0982. The zero-order valence-electron chi connectivity index (χ0n) is 9.57. The number of ketones is 1. The number of Topliss-reactive ketones (excluding diaryl/α,β-unsaturated/α-hetero) is 1. The first-order valence-corrected chi connectivity index (χ1v) is 5.99. The molecule has 1 aliphatic carbocycles. The van der Waals surface area contributed by atoms with E-state index >= 15 is 0 Å². The lowest BCUT2D eigenvalue weighted by atomic mass is 10.1. The third-order valence-electron chi connectivity index (χ3n) is 3.06. The standard InChI is InChI=1S/C13H15NO3/c15-11(5-6-14-10-2-3-10)9-1-4-12-13(7-9)17-8-16-12/h1,4,7,10,14H,2-3,5-6,8H2. The normalized spacial score (nSPS) is 17.2. The van der Waals surface area contributed by atoms with Crippen molar-refractivity contribution in [2.24, 2.45) is 0 Å². The maximum Gasteiger partial charge on any atom is 0.231 e. The Morgan fingerprint density at radius 3 is 2.94 bits per heavy atom. The van der Waals surface area contributed by atoms with Gasteiger partial charge in [-0.05, 0) is 31.0 Å². The molecule has 0 saturated heterocycles. The van der Waals surface area contributed by atoms with Gasteiger partial charge in [-0.3, -0.25) is 4.79 Å². The lowest BCUT2D eigenvalue weighted by Crippen LogP contribution is -2.20. The summed E-state index contributed by atoms with van der Waals surface area (Å²) in [6.45, 7) is 1.01. The van der Waals surface area contributed by atoms with E-state index in [1.54, 1.807) is 18.2 Å². The van der Waals surface area contributed by atoms with E-state index in [0.717, 1.165) is 12.3 Å². The van der Waals surface area contributed by atoms with Crippen LogP contribution in [0.15, 0.2) is 18.2 Å². The van der Waals surface area contributed by atoms with Crippen molar-refractivity contribution in [3.63, 3.8) is 0 Å². The summed E-state index contributed by atoms with van der Waals surface area (Å²) in [7, 11) is 0. The highest BCUT2D eigenvalue weighted by atomic mass is 16.7. The number of hydrogen-bond acceptors (Lipinski definition) is 4. The van der Waals surface area contributed by atoms with Crippen molar-refractivity contribution in [3.8, 4) is 11.5 Å². The van der Waals surface area contributed by atoms with Crippen molar-refractivity contribution in [1.82, 2.24) is 5.32 Å². The molecular weight excluding hydrogens is 218 g/mol. The van der Waals surface area contributed by atoms with Crippen LogP contribution in [0.4, 0.5) is 0 Å². The molecule has 1 heterocycles. The van der Waals surface area contributed by atoms with Gasteiger partial charge in [0.05, 0.1) is 0 Å². The molecule has 1 fully saturated rings. The van der Waals surface area contributed by atoms with Gasteiger partial charge in [0.1, 0.15) is 0 Å². The van der Waals surface area contributed by atoms with E-state index in [9.17, 15) is 4.79 Å². The van der Waals surface area contributed by atoms with E-state index in [-0.39, 0.29) is 12.6 Å². The second-order valence-electron chi connectivity index (χ2n) is 4.47. The fraction of sp³-hybridized carbons (Fsp3) is 0.462. The van der Waals surface area contributed by atoms with Crippen molar-refractivity contribution in [2.75, 3.05) is 13.3 Å². The molecule has 0 aromatic heterocycles. The number of hydrogen-bond donors (Lipinski definition) is 1. The summed E-state index contributed by atoms with van der Waals surface area (Å²) in [5.41, 5.74) is 0.701. The summed E-state index contributed by atoms with van der Waals surface area (Å²) < 4.78 is 10.5. The summed E-state index contributed by atoms with van der Waals surface area (Å²) in [4.78, 5) is 11.9. The number of fused-ring (bicyclic) bond motifs is 1. The van der Waals surface area contributed by atoms with E-state index in [2.05, 4.69) is 5.32 Å². The van der Waals surface area contributed by atoms with Gasteiger partial charge in [-0.1, -0.05) is 0 Å². The molecular formula is C13H15NO3. The van der Waals surface area contributed by atoms with Gasteiger partial charge >= 0.3 is 0 Å². The monoisotopic (exact) mass is 233 g/mol. The van der Waals surface area contributed by atoms with Crippen molar-refractivity contribution in [2.45, 2.75) is 25.3 Å². The fourth-order valence-electron chi connectivity index (χ4n) is 1.89. The Morgan fingerprint density at radius 2 is 2.12 bits per heavy atom. The zero-order valence-corrected chi connectivity index (χ0v) is 9.57. The van der Waals surface area contributed by atoms with Crippen LogP contribution in [0.3, 0.4) is 0 Å². The number of ether oxygens (including phenoxy) is 2. The van der Waals surface area contributed by atoms with Gasteiger partial charge in [-0.25, -0.2) is 0 Å². The molecule has 1 aliphatic heterocycles. The molecule has 90 valence electrons. The van der Waals surface area contributed by atoms with Crippen molar-refractivity contribution in [1.29, 1.82) is 0 Å². The Kier molecular flexibility index (Phi) is 2.73. The first-order valence-electron chi connectivity index (χ1n) is 5.99. The minimum absolute atomic E-state index is 0.149. The highest BCUT2D eigenvalue weighted by Crippen LogP contribution is 2.32. The van der Waals surface area contributed by atoms with Crippen molar-refractivity contribution < 1.29 is 14.3 Å². The highest BCUT2D eigenvalue weighted by Gasteiger charge is 2.21. The van der Waals surface area contributed by atoms with Crippen LogP contribution in [0, 0.1) is 0 Å². The van der Waals surface area contributed by atoms with E-state index in [1.807, 2.05) is 0 Å². The Hall–Kier alpha value is -1.55. The SMILES string of the molecule is O=C(CCNC1CC1)c1ccc2c(c1)OCO2. The number of benzene rings is 1. The molecule has 0 bridgehead atoms. The van der Waals surface area contributed by atoms with E-state index in [0.29, 0.717) is 23.8 Å². The molecule has 17 heavy (non-hydrogen) atoms. The molecule has 1 N–H and O–H groups in total. The molecule has 4 heteroatoms. The average Bonchev–Trinajstić information content (AvgIpc) is 3.04. The number of carbonyl (C=O) groups is 1. The van der Waals surface area contributed by atoms with Crippen molar-refractivity contribution >= 4 is 5.78 Å². The predicted octanol–water partition coefficient (Wildman–Crippen LogP) is 1.74. The number of rotatable bonds is 5. The Bertz CT molecular complexity index is 440. The Morgan fingerprint density at radius 1 is 1.29 bits per heavy atom. The molecule has 0 amide bonds. The molecule has 4 nitrogen and oxygen atoms in total. The van der Waals surface area contributed by atoms with Crippen LogP contribution in [-0.2, 0) is 0 Å². The van der Waals surface area contributed by atoms with Gasteiger partial charge in [0.15, 0.2) is 17.3 Å². The second-order valence-corrected chi connectivity index (χ2v) is 4.47. The quantitative estimate of drug-likeness (QED) is 0.787. The summed E-state index contributed by atoms with van der Waals surface area (Å²) in [6.07, 6.45) is 3.03. The smallest absolute Gasteiger partial charge is 0.231 e. The van der Waals surface area contributed by atoms with Crippen LogP contribution >= 0.6 is 0 Å². The molecule has 1 saturated carbocycles. The molecule has 1 aromatic rings. The van der Waals surface area contributed by atoms with Crippen LogP contribution in [0.2, 0.25) is 0 Å². The molecule has 3 rings (SSSR count). The number of carbonyl (C=O) groups excluding carboxylic acids is 1. The molecule has 0 radical (unpaired) electrons. The maximum atomic E-state index is 11.9. The van der Waals surface area contributed by atoms with Gasteiger partial charge in [0, 0.05) is 24.6 Å². The van der Waals surface area contributed by atoms with Gasteiger partial charge < -0.3 is 14.8 Å². The molecule has 0 unspecified atom stereocenters. The van der Waals surface area contributed by atoms with Crippen molar-refractivity contribution in [3.05, 3.63) is 23.8 Å². The largest absolute Gasteiger partial charge is 0.454 e. The predicted molar refractivity (Wildman–Crippen MR) is 62.5 cm³/mol. The Balaban J connectivity index is 1.60. The van der Waals surface area contributed by atoms with Gasteiger partial charge in [0.2, 0.25) is 6.79 Å². The van der Waals surface area contributed by atoms with Crippen LogP contribution in [0.5, 0.6) is 11.5 Å². The summed E-state index contributed by atoms with van der Waals surface area (Å²) in [5, 5.41) is 3.33. The van der Waals surface area contributed by atoms with Crippen LogP contribution < -0.4 is 14.8 Å². The summed E-state index contributed by atoms with van der Waals surface area (Å²) >= 11 is 0. The van der Waals surface area contributed by atoms with E-state index in [4.69, 9.17) is 9.47 Å². The zero-order chi connectivity index (χ0) is 11.7. The first kappa shape index (κ1) is 10.6. The van der Waals surface area contributed by atoms with E-state index in [1.165, 1.54) is 12.8 Å². The molecule has 1 aromatic carbocycles. The molecule has 0 spiro atoms. The summed E-state index contributed by atoms with van der Waals surface area (Å²) in [5.74, 6) is 1.54. The fourth-order valence-corrected chi connectivity index (χ4v) is 1.89. The van der Waals surface area contributed by atoms with E-state index < -0.39 is 0 Å². The topological polar surface area (TPSA) is 47.6 Å². The highest BCUT2D eigenvalue weighted by molar-refractivity contribution is 5.96. The Labute approximate surface area is 99.9 Å². The van der Waals surface area contributed by atoms with Gasteiger partial charge in [0.25, 0.3) is 0 Å². The molecule has 0 atom stereocenters. The molecule has 2 aliphatic rings. The van der Waals surface area contributed by atoms with Gasteiger partial charge in [-0.2, -0.15) is 0 Å². The average molecular weight is 233 g/mol. The second kappa shape index (κ2) is 4.37. The van der Waals surface area contributed by atoms with Crippen LogP contribution in [-0.4, -0.2) is 25.2 Å². The van der Waals surface area contributed by atoms with Gasteiger partial charge in [-0.15, -0.1) is 0 Å². The van der Waals surface area contributed by atoms with Crippen LogP contribution in [0.1, 0.15) is 29.6 Å². The first-order chi connectivity index (χ1) is 8.33. The number of nitrogens with one attached hydrogen (secondary N) is 1.